The van der Waals surface area contributed by atoms with Gasteiger partial charge in [-0.15, -0.1) is 0 Å². The van der Waals surface area contributed by atoms with Crippen LogP contribution < -0.4 is 9.47 Å². The van der Waals surface area contributed by atoms with Crippen molar-refractivity contribution in [2.24, 2.45) is 0 Å². The zero-order chi connectivity index (χ0) is 15.5. The smallest absolute Gasteiger partial charge is 0.170 e. The van der Waals surface area contributed by atoms with E-state index in [-0.39, 0.29) is 11.7 Å². The molecular weight excluding hydrogens is 276 g/mol. The van der Waals surface area contributed by atoms with Crippen LogP contribution in [0.3, 0.4) is 0 Å². The van der Waals surface area contributed by atoms with Gasteiger partial charge in [0, 0.05) is 11.5 Å². The number of carbonyl (C=O) groups excluding carboxylic acids is 1. The first-order valence-electron chi connectivity index (χ1n) is 7.58. The minimum atomic E-state index is -0.108. The molecule has 0 spiro atoms. The average molecular weight is 296 g/mol. The molecule has 3 heteroatoms. The third-order valence-corrected chi connectivity index (χ3v) is 4.35. The second-order valence-electron chi connectivity index (χ2n) is 5.58. The van der Waals surface area contributed by atoms with Crippen molar-refractivity contribution < 1.29 is 14.3 Å². The predicted octanol–water partition coefficient (Wildman–Crippen LogP) is 4.01. The number of ketones is 1. The summed E-state index contributed by atoms with van der Waals surface area (Å²) in [6, 6.07) is 13.7. The van der Waals surface area contributed by atoms with E-state index in [9.17, 15) is 4.79 Å². The fraction of sp³-hybridized carbons (Fsp3) is 0.316. The van der Waals surface area contributed by atoms with Gasteiger partial charge in [-0.2, -0.15) is 0 Å². The maximum absolute atomic E-state index is 12.9. The fourth-order valence-corrected chi connectivity index (χ4v) is 3.18. The summed E-state index contributed by atoms with van der Waals surface area (Å²) in [6.45, 7) is 0. The summed E-state index contributed by atoms with van der Waals surface area (Å²) in [6.07, 6.45) is 2.84. The Morgan fingerprint density at radius 2 is 1.77 bits per heavy atom. The van der Waals surface area contributed by atoms with Crippen molar-refractivity contribution in [2.75, 3.05) is 14.2 Å². The molecule has 22 heavy (non-hydrogen) atoms. The highest BCUT2D eigenvalue weighted by molar-refractivity contribution is 6.02. The van der Waals surface area contributed by atoms with E-state index >= 15 is 0 Å². The third kappa shape index (κ3) is 2.59. The number of Topliss-reactive ketones (excluding diaryl/α,β-unsaturated/α-hetero) is 1. The van der Waals surface area contributed by atoms with Crippen molar-refractivity contribution >= 4 is 5.78 Å². The topological polar surface area (TPSA) is 35.5 Å². The molecular formula is C19H20O3. The van der Waals surface area contributed by atoms with Crippen LogP contribution in [0.4, 0.5) is 0 Å². The van der Waals surface area contributed by atoms with E-state index in [2.05, 4.69) is 6.07 Å². The predicted molar refractivity (Wildman–Crippen MR) is 86.0 cm³/mol. The molecule has 1 aliphatic rings. The van der Waals surface area contributed by atoms with Crippen molar-refractivity contribution in [1.82, 2.24) is 0 Å². The minimum Gasteiger partial charge on any atom is -0.493 e. The molecule has 3 rings (SSSR count). The van der Waals surface area contributed by atoms with E-state index in [1.54, 1.807) is 14.2 Å². The van der Waals surface area contributed by atoms with Crippen LogP contribution in [0.1, 0.15) is 40.2 Å². The average Bonchev–Trinajstić information content (AvgIpc) is 2.74. The van der Waals surface area contributed by atoms with Gasteiger partial charge in [-0.25, -0.2) is 0 Å². The zero-order valence-electron chi connectivity index (χ0n) is 13.0. The number of methoxy groups -OCH3 is 2. The molecule has 0 saturated heterocycles. The van der Waals surface area contributed by atoms with Gasteiger partial charge in [0.25, 0.3) is 0 Å². The van der Waals surface area contributed by atoms with E-state index in [0.29, 0.717) is 11.5 Å². The number of carbonyl (C=O) groups is 1. The summed E-state index contributed by atoms with van der Waals surface area (Å²) in [5.41, 5.74) is 3.02. The molecule has 3 nitrogen and oxygen atoms in total. The molecule has 2 aromatic carbocycles. The molecule has 2 aromatic rings. The fourth-order valence-electron chi connectivity index (χ4n) is 3.18. The van der Waals surface area contributed by atoms with Crippen LogP contribution >= 0.6 is 0 Å². The Morgan fingerprint density at radius 1 is 1.00 bits per heavy atom. The highest BCUT2D eigenvalue weighted by atomic mass is 16.5. The SMILES string of the molecule is COc1ccc(C2CCCc3ccccc3C2=O)cc1OC. The summed E-state index contributed by atoms with van der Waals surface area (Å²) < 4.78 is 10.6. The standard InChI is InChI=1S/C19H20O3/c1-21-17-11-10-14(12-18(17)22-2)16-9-5-7-13-6-3-4-8-15(13)19(16)20/h3-4,6,8,10-12,16H,5,7,9H2,1-2H3. The van der Waals surface area contributed by atoms with Gasteiger partial charge in [-0.05, 0) is 42.5 Å². The van der Waals surface area contributed by atoms with Crippen molar-refractivity contribution in [3.63, 3.8) is 0 Å². The Balaban J connectivity index is 2.00. The molecule has 0 N–H and O–H groups in total. The number of ether oxygens (including phenoxy) is 2. The van der Waals surface area contributed by atoms with Gasteiger partial charge in [0.2, 0.25) is 0 Å². The number of rotatable bonds is 3. The van der Waals surface area contributed by atoms with Gasteiger partial charge in [-0.1, -0.05) is 30.3 Å². The van der Waals surface area contributed by atoms with Crippen LogP contribution in [0.2, 0.25) is 0 Å². The number of hydrogen-bond acceptors (Lipinski definition) is 3. The molecule has 1 aliphatic carbocycles. The summed E-state index contributed by atoms with van der Waals surface area (Å²) in [5.74, 6) is 1.46. The van der Waals surface area contributed by atoms with Crippen molar-refractivity contribution in [3.05, 3.63) is 59.2 Å². The maximum Gasteiger partial charge on any atom is 0.170 e. The van der Waals surface area contributed by atoms with Crippen LogP contribution in [-0.2, 0) is 6.42 Å². The summed E-state index contributed by atoms with van der Waals surface area (Å²) in [4.78, 5) is 12.9. The van der Waals surface area contributed by atoms with Crippen molar-refractivity contribution in [3.8, 4) is 11.5 Å². The zero-order valence-corrected chi connectivity index (χ0v) is 13.0. The van der Waals surface area contributed by atoms with Crippen LogP contribution in [0, 0.1) is 0 Å². The van der Waals surface area contributed by atoms with E-state index in [1.807, 2.05) is 36.4 Å². The van der Waals surface area contributed by atoms with Crippen molar-refractivity contribution in [2.45, 2.75) is 25.2 Å². The number of fused-ring (bicyclic) bond motifs is 1. The highest BCUT2D eigenvalue weighted by Crippen LogP contribution is 2.36. The molecule has 0 fully saturated rings. The molecule has 0 saturated carbocycles. The summed E-state index contributed by atoms with van der Waals surface area (Å²) in [5, 5.41) is 0. The van der Waals surface area contributed by atoms with E-state index in [4.69, 9.17) is 9.47 Å². The maximum atomic E-state index is 12.9. The van der Waals surface area contributed by atoms with Gasteiger partial charge in [0.15, 0.2) is 17.3 Å². The van der Waals surface area contributed by atoms with Crippen molar-refractivity contribution in [1.29, 1.82) is 0 Å². The van der Waals surface area contributed by atoms with E-state index in [1.165, 1.54) is 0 Å². The highest BCUT2D eigenvalue weighted by Gasteiger charge is 2.27. The Kier molecular flexibility index (Phi) is 4.14. The lowest BCUT2D eigenvalue weighted by molar-refractivity contribution is 0.0957. The molecule has 114 valence electrons. The van der Waals surface area contributed by atoms with Gasteiger partial charge < -0.3 is 9.47 Å². The monoisotopic (exact) mass is 296 g/mol. The minimum absolute atomic E-state index is 0.108. The van der Waals surface area contributed by atoms with Crippen LogP contribution in [0.5, 0.6) is 11.5 Å². The normalized spacial score (nSPS) is 17.5. The third-order valence-electron chi connectivity index (χ3n) is 4.35. The molecule has 1 unspecified atom stereocenters. The quantitative estimate of drug-likeness (QED) is 0.803. The second-order valence-corrected chi connectivity index (χ2v) is 5.58. The van der Waals surface area contributed by atoms with Gasteiger partial charge in [-0.3, -0.25) is 4.79 Å². The van der Waals surface area contributed by atoms with E-state index in [0.717, 1.165) is 36.0 Å². The largest absolute Gasteiger partial charge is 0.493 e. The summed E-state index contributed by atoms with van der Waals surface area (Å²) in [7, 11) is 3.23. The Bertz CT molecular complexity index is 691. The molecule has 0 aliphatic heterocycles. The number of aryl methyl sites for hydroxylation is 1. The first-order chi connectivity index (χ1) is 10.7. The first kappa shape index (κ1) is 14.6. The molecule has 0 heterocycles. The number of hydrogen-bond donors (Lipinski definition) is 0. The Morgan fingerprint density at radius 3 is 2.55 bits per heavy atom. The molecule has 0 radical (unpaired) electrons. The van der Waals surface area contributed by atoms with Crippen LogP contribution in [0.15, 0.2) is 42.5 Å². The molecule has 0 amide bonds. The second kappa shape index (κ2) is 6.22. The molecule has 0 bridgehead atoms. The Hall–Kier alpha value is -2.29. The number of benzene rings is 2. The van der Waals surface area contributed by atoms with Crippen LogP contribution in [0.25, 0.3) is 0 Å². The van der Waals surface area contributed by atoms with Gasteiger partial charge >= 0.3 is 0 Å². The lowest BCUT2D eigenvalue weighted by atomic mass is 9.88. The lowest BCUT2D eigenvalue weighted by Crippen LogP contribution is -2.12. The molecule has 1 atom stereocenters. The van der Waals surface area contributed by atoms with Gasteiger partial charge in [0.1, 0.15) is 0 Å². The Labute approximate surface area is 130 Å². The lowest BCUT2D eigenvalue weighted by Gasteiger charge is -2.16. The van der Waals surface area contributed by atoms with E-state index < -0.39 is 0 Å². The first-order valence-corrected chi connectivity index (χ1v) is 7.58. The van der Waals surface area contributed by atoms with Gasteiger partial charge in [0.05, 0.1) is 14.2 Å². The molecule has 0 aromatic heterocycles. The summed E-state index contributed by atoms with van der Waals surface area (Å²) >= 11 is 0. The van der Waals surface area contributed by atoms with Crippen LogP contribution in [-0.4, -0.2) is 20.0 Å².